The van der Waals surface area contributed by atoms with E-state index in [2.05, 4.69) is 15.5 Å². The van der Waals surface area contributed by atoms with Crippen molar-refractivity contribution in [1.29, 1.82) is 0 Å². The van der Waals surface area contributed by atoms with Gasteiger partial charge in [-0.15, -0.1) is 10.2 Å². The largest absolute Gasteiger partial charge is 0.465 e. The van der Waals surface area contributed by atoms with E-state index in [9.17, 15) is 4.79 Å². The van der Waals surface area contributed by atoms with E-state index in [0.717, 1.165) is 21.1 Å². The Balaban J connectivity index is 1.48. The molecule has 1 aliphatic rings. The Morgan fingerprint density at radius 3 is 2.44 bits per heavy atom. The number of benzene rings is 2. The highest BCUT2D eigenvalue weighted by Crippen LogP contribution is 2.42. The van der Waals surface area contributed by atoms with Gasteiger partial charge in [-0.3, -0.25) is 0 Å². The van der Waals surface area contributed by atoms with Crippen LogP contribution < -0.4 is 10.1 Å². The van der Waals surface area contributed by atoms with Gasteiger partial charge in [-0.1, -0.05) is 17.4 Å². The summed E-state index contributed by atoms with van der Waals surface area (Å²) in [6.07, 6.45) is 2.42. The number of rotatable bonds is 13. The van der Waals surface area contributed by atoms with Crippen LogP contribution in [0.4, 0.5) is 0 Å². The molecule has 0 radical (unpaired) electrons. The maximum atomic E-state index is 12.1. The van der Waals surface area contributed by atoms with Gasteiger partial charge in [0.25, 0.3) is 0 Å². The highest BCUT2D eigenvalue weighted by atomic mass is 32.1. The third kappa shape index (κ3) is 6.67. The van der Waals surface area contributed by atoms with E-state index >= 15 is 0 Å². The van der Waals surface area contributed by atoms with Crippen molar-refractivity contribution in [3.05, 3.63) is 58.6 Å². The summed E-state index contributed by atoms with van der Waals surface area (Å²) in [5.41, 5.74) is 2.31. The van der Waals surface area contributed by atoms with Crippen molar-refractivity contribution in [2.24, 2.45) is 0 Å². The van der Waals surface area contributed by atoms with E-state index in [1.165, 1.54) is 20.0 Å². The van der Waals surface area contributed by atoms with Crippen LogP contribution in [0.5, 0.6) is 11.5 Å². The lowest BCUT2D eigenvalue weighted by atomic mass is 10.1. The van der Waals surface area contributed by atoms with Crippen LogP contribution in [0.25, 0.3) is 10.6 Å². The van der Waals surface area contributed by atoms with Gasteiger partial charge in [-0.05, 0) is 70.0 Å². The molecule has 1 aromatic heterocycles. The molecule has 3 aromatic rings. The molecule has 9 heteroatoms. The second-order valence-corrected chi connectivity index (χ2v) is 9.77. The summed E-state index contributed by atoms with van der Waals surface area (Å²) >= 11 is 1.65. The predicted molar refractivity (Wildman–Crippen MR) is 139 cm³/mol. The van der Waals surface area contributed by atoms with E-state index in [0.29, 0.717) is 49.3 Å². The van der Waals surface area contributed by atoms with Crippen LogP contribution in [0.3, 0.4) is 0 Å². The SMILES string of the molecule is CCOC(C)(CNCc1ccc(C(=O)OC)cc1Oc1ccc(-c2nnc(C3CC3)s2)cc1)OCC. The molecular formula is C27H33N3O5S. The van der Waals surface area contributed by atoms with E-state index in [1.807, 2.05) is 51.1 Å². The average molecular weight is 512 g/mol. The zero-order chi connectivity index (χ0) is 25.5. The molecule has 1 heterocycles. The van der Waals surface area contributed by atoms with Gasteiger partial charge >= 0.3 is 5.97 Å². The minimum absolute atomic E-state index is 0.419. The third-order valence-corrected chi connectivity index (χ3v) is 6.98. The van der Waals surface area contributed by atoms with Crippen molar-refractivity contribution in [3.8, 4) is 22.1 Å². The number of carbonyl (C=O) groups excluding carboxylic acids is 1. The van der Waals surface area contributed by atoms with Crippen LogP contribution in [-0.4, -0.2) is 48.8 Å². The molecular weight excluding hydrogens is 478 g/mol. The molecule has 1 saturated carbocycles. The lowest BCUT2D eigenvalue weighted by Gasteiger charge is -2.29. The number of nitrogens with one attached hydrogen (secondary N) is 1. The van der Waals surface area contributed by atoms with E-state index in [1.54, 1.807) is 23.5 Å². The summed E-state index contributed by atoms with van der Waals surface area (Å²) < 4.78 is 22.7. The number of methoxy groups -OCH3 is 1. The van der Waals surface area contributed by atoms with Gasteiger partial charge in [0.1, 0.15) is 21.5 Å². The molecule has 192 valence electrons. The number of hydrogen-bond donors (Lipinski definition) is 1. The Hall–Kier alpha value is -2.85. The van der Waals surface area contributed by atoms with Gasteiger partial charge in [-0.25, -0.2) is 4.79 Å². The zero-order valence-electron chi connectivity index (χ0n) is 21.2. The summed E-state index contributed by atoms with van der Waals surface area (Å²) in [6.45, 7) is 7.89. The lowest BCUT2D eigenvalue weighted by Crippen LogP contribution is -2.42. The summed E-state index contributed by atoms with van der Waals surface area (Å²) in [6, 6.07) is 13.0. The second kappa shape index (κ2) is 11.9. The summed E-state index contributed by atoms with van der Waals surface area (Å²) in [5.74, 6) is 0.670. The molecule has 0 unspecified atom stereocenters. The standard InChI is InChI=1S/C27H33N3O5S/c1-5-33-27(3,34-6-2)17-28-16-21-10-9-20(26(31)32-4)15-23(21)35-22-13-11-19(12-14-22)25-30-29-24(36-25)18-7-8-18/h9-15,18,28H,5-8,16-17H2,1-4H3. The predicted octanol–water partition coefficient (Wildman–Crippen LogP) is 5.54. The fraction of sp³-hybridized carbons (Fsp3) is 0.444. The van der Waals surface area contributed by atoms with Crippen molar-refractivity contribution < 1.29 is 23.7 Å². The number of nitrogens with zero attached hydrogens (tertiary/aromatic N) is 2. The zero-order valence-corrected chi connectivity index (χ0v) is 22.0. The highest BCUT2D eigenvalue weighted by molar-refractivity contribution is 7.14. The quantitative estimate of drug-likeness (QED) is 0.236. The van der Waals surface area contributed by atoms with Crippen molar-refractivity contribution in [2.75, 3.05) is 26.9 Å². The fourth-order valence-electron chi connectivity index (χ4n) is 3.86. The first-order valence-electron chi connectivity index (χ1n) is 12.3. The van der Waals surface area contributed by atoms with Gasteiger partial charge in [-0.2, -0.15) is 0 Å². The number of hydrogen-bond acceptors (Lipinski definition) is 9. The summed E-state index contributed by atoms with van der Waals surface area (Å²) in [5, 5.41) is 14.1. The number of esters is 1. The van der Waals surface area contributed by atoms with Crippen LogP contribution in [-0.2, 0) is 20.8 Å². The Morgan fingerprint density at radius 2 is 1.81 bits per heavy atom. The van der Waals surface area contributed by atoms with Crippen LogP contribution in [0.1, 0.15) is 60.5 Å². The molecule has 8 nitrogen and oxygen atoms in total. The molecule has 4 rings (SSSR count). The van der Waals surface area contributed by atoms with E-state index in [-0.39, 0.29) is 0 Å². The third-order valence-electron chi connectivity index (χ3n) is 5.85. The van der Waals surface area contributed by atoms with E-state index in [4.69, 9.17) is 18.9 Å². The molecule has 0 saturated heterocycles. The van der Waals surface area contributed by atoms with Crippen LogP contribution in [0, 0.1) is 0 Å². The van der Waals surface area contributed by atoms with Crippen molar-refractivity contribution >= 4 is 17.3 Å². The minimum Gasteiger partial charge on any atom is -0.465 e. The molecule has 0 amide bonds. The first-order valence-corrected chi connectivity index (χ1v) is 13.1. The van der Waals surface area contributed by atoms with Crippen molar-refractivity contribution in [3.63, 3.8) is 0 Å². The molecule has 1 aliphatic carbocycles. The number of ether oxygens (including phenoxy) is 4. The van der Waals surface area contributed by atoms with Gasteiger partial charge < -0.3 is 24.3 Å². The van der Waals surface area contributed by atoms with Gasteiger partial charge in [0.2, 0.25) is 0 Å². The first-order chi connectivity index (χ1) is 17.4. The Bertz CT molecular complexity index is 1150. The minimum atomic E-state index is -0.726. The van der Waals surface area contributed by atoms with Gasteiger partial charge in [0, 0.05) is 43.3 Å². The van der Waals surface area contributed by atoms with Gasteiger partial charge in [0.05, 0.1) is 12.7 Å². The monoisotopic (exact) mass is 511 g/mol. The molecule has 0 aliphatic heterocycles. The smallest absolute Gasteiger partial charge is 0.337 e. The molecule has 1 fully saturated rings. The second-order valence-electron chi connectivity index (χ2n) is 8.76. The maximum Gasteiger partial charge on any atom is 0.337 e. The Kier molecular flexibility index (Phi) is 8.68. The van der Waals surface area contributed by atoms with Crippen molar-refractivity contribution in [2.45, 2.75) is 51.9 Å². The molecule has 36 heavy (non-hydrogen) atoms. The number of carbonyl (C=O) groups is 1. The summed E-state index contributed by atoms with van der Waals surface area (Å²) in [4.78, 5) is 12.1. The van der Waals surface area contributed by atoms with Crippen LogP contribution in [0.15, 0.2) is 42.5 Å². The lowest BCUT2D eigenvalue weighted by molar-refractivity contribution is -0.217. The van der Waals surface area contributed by atoms with Crippen molar-refractivity contribution in [1.82, 2.24) is 15.5 Å². The normalized spacial score (nSPS) is 13.6. The molecule has 0 atom stereocenters. The maximum absolute atomic E-state index is 12.1. The molecule has 1 N–H and O–H groups in total. The molecule has 0 bridgehead atoms. The Morgan fingerprint density at radius 1 is 1.08 bits per heavy atom. The molecule has 0 spiro atoms. The first kappa shape index (κ1) is 26.2. The summed E-state index contributed by atoms with van der Waals surface area (Å²) in [7, 11) is 1.36. The average Bonchev–Trinajstić information content (AvgIpc) is 3.61. The van der Waals surface area contributed by atoms with Gasteiger partial charge in [0.15, 0.2) is 5.79 Å². The van der Waals surface area contributed by atoms with Crippen LogP contribution >= 0.6 is 11.3 Å². The Labute approximate surface area is 215 Å². The van der Waals surface area contributed by atoms with E-state index < -0.39 is 11.8 Å². The van der Waals surface area contributed by atoms with Crippen LogP contribution in [0.2, 0.25) is 0 Å². The highest BCUT2D eigenvalue weighted by Gasteiger charge is 2.28. The fourth-order valence-corrected chi connectivity index (χ4v) is 4.88. The topological polar surface area (TPSA) is 91.8 Å². The molecule has 2 aromatic carbocycles. The number of aromatic nitrogens is 2.